The maximum Gasteiger partial charge on any atom is 0.324 e. The number of hydrogen-bond acceptors (Lipinski definition) is 4. The molecule has 0 fully saturated rings. The smallest absolute Gasteiger partial charge is 0.324 e. The molecule has 0 aliphatic carbocycles. The first kappa shape index (κ1) is 11.5. The number of ether oxygens (including phenoxy) is 1. The van der Waals surface area contributed by atoms with E-state index in [0.717, 1.165) is 5.56 Å². The summed E-state index contributed by atoms with van der Waals surface area (Å²) in [5, 5.41) is -0.334. The topological polar surface area (TPSA) is 26.3 Å². The average molecular weight is 228 g/mol. The van der Waals surface area contributed by atoms with E-state index < -0.39 is 0 Å². The molecule has 1 aromatic rings. The molecule has 0 radical (unpaired) electrons. The zero-order chi connectivity index (χ0) is 10.4. The van der Waals surface area contributed by atoms with E-state index >= 15 is 0 Å². The van der Waals surface area contributed by atoms with Gasteiger partial charge in [0.2, 0.25) is 0 Å². The summed E-state index contributed by atoms with van der Waals surface area (Å²) in [6, 6.07) is 9.49. The Bertz CT molecular complexity index is 287. The molecule has 0 aliphatic rings. The van der Waals surface area contributed by atoms with E-state index in [4.69, 9.17) is 4.74 Å². The van der Waals surface area contributed by atoms with Gasteiger partial charge in [0.05, 0.1) is 6.61 Å². The highest BCUT2D eigenvalue weighted by atomic mass is 33.1. The Kier molecular flexibility index (Phi) is 4.90. The third-order valence-electron chi connectivity index (χ3n) is 1.71. The standard InChI is InChI=1S/C10H12O2S2/c1-2-12-10(11)9(14-13)8-6-4-3-5-7-8/h3-7,9,13H,2H2,1H3. The van der Waals surface area contributed by atoms with E-state index in [0.29, 0.717) is 6.61 Å². The normalized spacial score (nSPS) is 12.1. The monoisotopic (exact) mass is 228 g/mol. The molecule has 2 nitrogen and oxygen atoms in total. The van der Waals surface area contributed by atoms with Gasteiger partial charge < -0.3 is 4.74 Å². The van der Waals surface area contributed by atoms with Crippen LogP contribution in [0.1, 0.15) is 17.7 Å². The van der Waals surface area contributed by atoms with Gasteiger partial charge in [-0.2, -0.15) is 0 Å². The fourth-order valence-electron chi connectivity index (χ4n) is 1.09. The third kappa shape index (κ3) is 2.96. The molecule has 0 saturated carbocycles. The van der Waals surface area contributed by atoms with Crippen LogP contribution >= 0.6 is 22.5 Å². The molecule has 1 aromatic carbocycles. The van der Waals surface area contributed by atoms with Crippen molar-refractivity contribution < 1.29 is 9.53 Å². The number of rotatable bonds is 4. The minimum Gasteiger partial charge on any atom is -0.465 e. The molecule has 4 heteroatoms. The second-order valence-electron chi connectivity index (χ2n) is 2.65. The first-order chi connectivity index (χ1) is 6.79. The summed E-state index contributed by atoms with van der Waals surface area (Å²) in [6.07, 6.45) is 0. The summed E-state index contributed by atoms with van der Waals surface area (Å²) < 4.78 is 4.94. The molecule has 0 amide bonds. The largest absolute Gasteiger partial charge is 0.465 e. The van der Waals surface area contributed by atoms with E-state index in [1.165, 1.54) is 10.8 Å². The first-order valence-electron chi connectivity index (χ1n) is 4.31. The lowest BCUT2D eigenvalue weighted by molar-refractivity contribution is -0.142. The van der Waals surface area contributed by atoms with E-state index in [2.05, 4.69) is 11.7 Å². The molecule has 0 N–H and O–H groups in total. The highest BCUT2D eigenvalue weighted by Gasteiger charge is 2.20. The second kappa shape index (κ2) is 5.98. The van der Waals surface area contributed by atoms with Crippen molar-refractivity contribution in [3.63, 3.8) is 0 Å². The fourth-order valence-corrected chi connectivity index (χ4v) is 2.14. The number of esters is 1. The number of benzene rings is 1. The molecule has 0 aliphatic heterocycles. The molecule has 0 bridgehead atoms. The summed E-state index contributed by atoms with van der Waals surface area (Å²) in [5.74, 6) is -0.237. The van der Waals surface area contributed by atoms with Crippen LogP contribution in [-0.2, 0) is 9.53 Å². The maximum atomic E-state index is 11.5. The number of carbonyl (C=O) groups excluding carboxylic acids is 1. The van der Waals surface area contributed by atoms with E-state index in [-0.39, 0.29) is 11.2 Å². The first-order valence-corrected chi connectivity index (χ1v) is 6.24. The molecule has 0 heterocycles. The Morgan fingerprint density at radius 2 is 2.14 bits per heavy atom. The molecule has 0 saturated heterocycles. The maximum absolute atomic E-state index is 11.5. The molecule has 76 valence electrons. The predicted molar refractivity (Wildman–Crippen MR) is 62.4 cm³/mol. The van der Waals surface area contributed by atoms with E-state index in [1.54, 1.807) is 6.92 Å². The Hall–Kier alpha value is -0.610. The fraction of sp³-hybridized carbons (Fsp3) is 0.300. The Labute approximate surface area is 92.8 Å². The summed E-state index contributed by atoms with van der Waals surface area (Å²) in [7, 11) is 1.19. The lowest BCUT2D eigenvalue weighted by Gasteiger charge is -2.12. The van der Waals surface area contributed by atoms with Crippen molar-refractivity contribution in [3.8, 4) is 0 Å². The third-order valence-corrected chi connectivity index (χ3v) is 3.02. The highest BCUT2D eigenvalue weighted by Crippen LogP contribution is 2.32. The van der Waals surface area contributed by atoms with Crippen LogP contribution in [0.5, 0.6) is 0 Å². The van der Waals surface area contributed by atoms with E-state index in [9.17, 15) is 4.79 Å². The van der Waals surface area contributed by atoms with Gasteiger partial charge in [-0.3, -0.25) is 4.79 Å². The zero-order valence-electron chi connectivity index (χ0n) is 7.84. The van der Waals surface area contributed by atoms with Crippen LogP contribution in [0.2, 0.25) is 0 Å². The summed E-state index contributed by atoms with van der Waals surface area (Å²) in [6.45, 7) is 2.19. The molecule has 1 rings (SSSR count). The quantitative estimate of drug-likeness (QED) is 0.487. The minimum absolute atomic E-state index is 0.237. The van der Waals surface area contributed by atoms with Crippen LogP contribution in [0.3, 0.4) is 0 Å². The van der Waals surface area contributed by atoms with Crippen LogP contribution < -0.4 is 0 Å². The summed E-state index contributed by atoms with van der Waals surface area (Å²) in [4.78, 5) is 11.5. The van der Waals surface area contributed by atoms with Crippen LogP contribution in [0.15, 0.2) is 30.3 Å². The Morgan fingerprint density at radius 3 is 2.64 bits per heavy atom. The van der Waals surface area contributed by atoms with Gasteiger partial charge in [0, 0.05) is 0 Å². The SMILES string of the molecule is CCOC(=O)C(SS)c1ccccc1. The predicted octanol–water partition coefficient (Wildman–Crippen LogP) is 2.87. The van der Waals surface area contributed by atoms with Gasteiger partial charge in [0.1, 0.15) is 5.25 Å². The molecular weight excluding hydrogens is 216 g/mol. The average Bonchev–Trinajstić information content (AvgIpc) is 2.21. The van der Waals surface area contributed by atoms with Gasteiger partial charge in [-0.15, -0.1) is 11.7 Å². The van der Waals surface area contributed by atoms with Crippen molar-refractivity contribution in [2.24, 2.45) is 0 Å². The van der Waals surface area contributed by atoms with Gasteiger partial charge in [-0.1, -0.05) is 41.1 Å². The van der Waals surface area contributed by atoms with Crippen molar-refractivity contribution in [2.45, 2.75) is 12.2 Å². The zero-order valence-corrected chi connectivity index (χ0v) is 9.55. The van der Waals surface area contributed by atoms with Crippen LogP contribution in [-0.4, -0.2) is 12.6 Å². The summed E-state index contributed by atoms with van der Waals surface area (Å²) >= 11 is 4.07. The van der Waals surface area contributed by atoms with Crippen LogP contribution in [0, 0.1) is 0 Å². The van der Waals surface area contributed by atoms with Gasteiger partial charge in [0.15, 0.2) is 0 Å². The van der Waals surface area contributed by atoms with Gasteiger partial charge in [-0.25, -0.2) is 0 Å². The highest BCUT2D eigenvalue weighted by molar-refractivity contribution is 8.68. The van der Waals surface area contributed by atoms with Crippen molar-refractivity contribution in [1.82, 2.24) is 0 Å². The molecule has 1 unspecified atom stereocenters. The van der Waals surface area contributed by atoms with Gasteiger partial charge in [0.25, 0.3) is 0 Å². The van der Waals surface area contributed by atoms with Crippen molar-refractivity contribution in [2.75, 3.05) is 6.61 Å². The molecule has 1 atom stereocenters. The van der Waals surface area contributed by atoms with Crippen LogP contribution in [0.4, 0.5) is 0 Å². The Morgan fingerprint density at radius 1 is 1.50 bits per heavy atom. The lowest BCUT2D eigenvalue weighted by atomic mass is 10.1. The van der Waals surface area contributed by atoms with Gasteiger partial charge >= 0.3 is 5.97 Å². The summed E-state index contributed by atoms with van der Waals surface area (Å²) in [5.41, 5.74) is 0.922. The molecule has 0 aromatic heterocycles. The minimum atomic E-state index is -0.334. The Balaban J connectivity index is 2.77. The second-order valence-corrected chi connectivity index (χ2v) is 3.96. The number of thiol groups is 1. The number of carbonyl (C=O) groups is 1. The van der Waals surface area contributed by atoms with Crippen molar-refractivity contribution in [3.05, 3.63) is 35.9 Å². The van der Waals surface area contributed by atoms with Crippen LogP contribution in [0.25, 0.3) is 0 Å². The van der Waals surface area contributed by atoms with E-state index in [1.807, 2.05) is 30.3 Å². The van der Waals surface area contributed by atoms with Gasteiger partial charge in [-0.05, 0) is 12.5 Å². The molecular formula is C10H12O2S2. The lowest BCUT2D eigenvalue weighted by Crippen LogP contribution is -2.12. The number of hydrogen-bond donors (Lipinski definition) is 1. The molecule has 14 heavy (non-hydrogen) atoms. The van der Waals surface area contributed by atoms with Crippen molar-refractivity contribution >= 4 is 28.4 Å². The van der Waals surface area contributed by atoms with Crippen molar-refractivity contribution in [1.29, 1.82) is 0 Å². The molecule has 0 spiro atoms.